The molecule has 9 heteroatoms. The lowest BCUT2D eigenvalue weighted by atomic mass is 9.98. The number of nitrogens with zero attached hydrogens (tertiary/aromatic N) is 2. The number of rotatable bonds is 5. The fraction of sp³-hybridized carbons (Fsp3) is 0.200. The molecule has 0 bridgehead atoms. The highest BCUT2D eigenvalue weighted by atomic mass is 19.1. The van der Waals surface area contributed by atoms with Crippen LogP contribution < -0.4 is 10.2 Å². The minimum Gasteiger partial charge on any atom is -0.348 e. The number of fused-ring (bicyclic) bond motifs is 1. The first-order chi connectivity index (χ1) is 16.2. The van der Waals surface area contributed by atoms with Crippen molar-refractivity contribution >= 4 is 17.6 Å². The average molecular weight is 471 g/mol. The smallest absolute Gasteiger partial charge is 0.325 e. The summed E-state index contributed by atoms with van der Waals surface area (Å²) in [4.78, 5) is 28.7. The Hall–Kier alpha value is -3.88. The summed E-state index contributed by atoms with van der Waals surface area (Å²) in [5, 5.41) is 2.41. The third-order valence-corrected chi connectivity index (χ3v) is 5.96. The number of hydrogen-bond acceptors (Lipinski definition) is 2. The standard InChI is InChI=1S/C25H21F4N3O2/c1-14-18-8-7-15(24(33)30-12-19-21(28)10-17(26)11-22(19)29)9-23(18)32(25(34)31(14)2)13-16-5-3-4-6-20(16)27/h3-11,14H,12-13H2,1-2H3,(H,30,33). The number of urea groups is 1. The first-order valence-electron chi connectivity index (χ1n) is 10.5. The van der Waals surface area contributed by atoms with Gasteiger partial charge in [0.15, 0.2) is 0 Å². The molecule has 0 saturated heterocycles. The highest BCUT2D eigenvalue weighted by Crippen LogP contribution is 2.37. The van der Waals surface area contributed by atoms with E-state index in [4.69, 9.17) is 0 Å². The van der Waals surface area contributed by atoms with Crippen molar-refractivity contribution in [2.45, 2.75) is 26.1 Å². The molecule has 4 rings (SSSR count). The second-order valence-corrected chi connectivity index (χ2v) is 8.05. The van der Waals surface area contributed by atoms with Crippen LogP contribution in [0.25, 0.3) is 0 Å². The first-order valence-corrected chi connectivity index (χ1v) is 10.5. The zero-order valence-electron chi connectivity index (χ0n) is 18.4. The molecule has 0 spiro atoms. The number of halogens is 4. The zero-order valence-corrected chi connectivity index (χ0v) is 18.4. The van der Waals surface area contributed by atoms with E-state index in [9.17, 15) is 27.2 Å². The summed E-state index contributed by atoms with van der Waals surface area (Å²) < 4.78 is 55.2. The van der Waals surface area contributed by atoms with Crippen molar-refractivity contribution in [3.8, 4) is 0 Å². The maximum absolute atomic E-state index is 14.3. The Bertz CT molecular complexity index is 1260. The molecule has 1 N–H and O–H groups in total. The highest BCUT2D eigenvalue weighted by molar-refractivity contribution is 5.99. The van der Waals surface area contributed by atoms with E-state index in [1.54, 1.807) is 31.3 Å². The van der Waals surface area contributed by atoms with Gasteiger partial charge in [-0.05, 0) is 30.7 Å². The number of nitrogens with one attached hydrogen (secondary N) is 1. The van der Waals surface area contributed by atoms with E-state index in [1.165, 1.54) is 28.0 Å². The van der Waals surface area contributed by atoms with E-state index in [0.717, 1.165) is 5.56 Å². The molecule has 3 amide bonds. The van der Waals surface area contributed by atoms with E-state index in [2.05, 4.69) is 5.32 Å². The van der Waals surface area contributed by atoms with Gasteiger partial charge in [0.1, 0.15) is 23.3 Å². The van der Waals surface area contributed by atoms with Crippen LogP contribution in [0.3, 0.4) is 0 Å². The van der Waals surface area contributed by atoms with Crippen molar-refractivity contribution in [1.82, 2.24) is 10.2 Å². The van der Waals surface area contributed by atoms with Crippen molar-refractivity contribution in [3.63, 3.8) is 0 Å². The maximum atomic E-state index is 14.3. The largest absolute Gasteiger partial charge is 0.348 e. The molecule has 1 unspecified atom stereocenters. The second kappa shape index (κ2) is 9.17. The van der Waals surface area contributed by atoms with E-state index in [-0.39, 0.29) is 24.2 Å². The van der Waals surface area contributed by atoms with Crippen LogP contribution in [0.2, 0.25) is 0 Å². The van der Waals surface area contributed by atoms with E-state index < -0.39 is 41.3 Å². The Labute approximate surface area is 193 Å². The maximum Gasteiger partial charge on any atom is 0.325 e. The van der Waals surface area contributed by atoms with Crippen LogP contribution in [0.5, 0.6) is 0 Å². The second-order valence-electron chi connectivity index (χ2n) is 8.05. The minimum atomic E-state index is -1.11. The summed E-state index contributed by atoms with van der Waals surface area (Å²) in [7, 11) is 1.64. The monoisotopic (exact) mass is 471 g/mol. The van der Waals surface area contributed by atoms with Gasteiger partial charge in [0.2, 0.25) is 0 Å². The third kappa shape index (κ3) is 4.33. The molecular weight excluding hydrogens is 450 g/mol. The molecule has 3 aromatic carbocycles. The minimum absolute atomic E-state index is 0.0490. The number of carbonyl (C=O) groups is 2. The molecule has 1 heterocycles. The lowest BCUT2D eigenvalue weighted by molar-refractivity contribution is 0.0950. The molecule has 0 radical (unpaired) electrons. The van der Waals surface area contributed by atoms with E-state index in [0.29, 0.717) is 23.4 Å². The summed E-state index contributed by atoms with van der Waals surface area (Å²) in [6.45, 7) is 1.29. The Morgan fingerprint density at radius 2 is 1.65 bits per heavy atom. The van der Waals surface area contributed by atoms with Crippen LogP contribution in [0, 0.1) is 23.3 Å². The Kier molecular flexibility index (Phi) is 6.28. The molecule has 5 nitrogen and oxygen atoms in total. The topological polar surface area (TPSA) is 52.7 Å². The van der Waals surface area contributed by atoms with Gasteiger partial charge < -0.3 is 10.2 Å². The Morgan fingerprint density at radius 1 is 0.971 bits per heavy atom. The summed E-state index contributed by atoms with van der Waals surface area (Å²) in [6.07, 6.45) is 0. The molecule has 3 aromatic rings. The van der Waals surface area contributed by atoms with Gasteiger partial charge in [-0.3, -0.25) is 9.69 Å². The fourth-order valence-electron chi connectivity index (χ4n) is 3.90. The number of benzene rings is 3. The van der Waals surface area contributed by atoms with Crippen LogP contribution in [-0.2, 0) is 13.1 Å². The van der Waals surface area contributed by atoms with E-state index >= 15 is 0 Å². The van der Waals surface area contributed by atoms with Crippen molar-refractivity contribution in [2.24, 2.45) is 0 Å². The number of amides is 3. The molecule has 0 saturated carbocycles. The molecular formula is C25H21F4N3O2. The van der Waals surface area contributed by atoms with Gasteiger partial charge in [0, 0.05) is 42.4 Å². The molecule has 0 fully saturated rings. The van der Waals surface area contributed by atoms with Crippen LogP contribution in [0.4, 0.5) is 28.0 Å². The summed E-state index contributed by atoms with van der Waals surface area (Å²) in [6, 6.07) is 11.2. The molecule has 1 atom stereocenters. The molecule has 34 heavy (non-hydrogen) atoms. The fourth-order valence-corrected chi connectivity index (χ4v) is 3.90. The predicted molar refractivity (Wildman–Crippen MR) is 118 cm³/mol. The van der Waals surface area contributed by atoms with E-state index in [1.807, 2.05) is 6.92 Å². The predicted octanol–water partition coefficient (Wildman–Crippen LogP) is 5.31. The molecule has 176 valence electrons. The van der Waals surface area contributed by atoms with Crippen LogP contribution in [-0.4, -0.2) is 23.9 Å². The van der Waals surface area contributed by atoms with Crippen molar-refractivity contribution in [2.75, 3.05) is 11.9 Å². The molecule has 1 aliphatic rings. The zero-order chi connectivity index (χ0) is 24.6. The first kappa shape index (κ1) is 23.3. The summed E-state index contributed by atoms with van der Waals surface area (Å²) in [5.74, 6) is -4.38. The van der Waals surface area contributed by atoms with Crippen molar-refractivity contribution in [3.05, 3.63) is 100 Å². The normalized spacial score (nSPS) is 15.4. The Morgan fingerprint density at radius 3 is 2.32 bits per heavy atom. The van der Waals surface area contributed by atoms with Gasteiger partial charge in [-0.1, -0.05) is 24.3 Å². The molecule has 0 aromatic heterocycles. The number of carbonyl (C=O) groups excluding carboxylic acids is 2. The van der Waals surface area contributed by atoms with Crippen molar-refractivity contribution in [1.29, 1.82) is 0 Å². The highest BCUT2D eigenvalue weighted by Gasteiger charge is 2.34. The van der Waals surface area contributed by atoms with Crippen LogP contribution in [0.1, 0.15) is 40.0 Å². The molecule has 1 aliphatic heterocycles. The Balaban J connectivity index is 1.63. The van der Waals surface area contributed by atoms with Gasteiger partial charge in [0.05, 0.1) is 18.3 Å². The SMILES string of the molecule is CC1c2ccc(C(=O)NCc3c(F)cc(F)cc3F)cc2N(Cc2ccccc2F)C(=O)N1C. The van der Waals surface area contributed by atoms with Crippen LogP contribution >= 0.6 is 0 Å². The van der Waals surface area contributed by atoms with Crippen LogP contribution in [0.15, 0.2) is 54.6 Å². The van der Waals surface area contributed by atoms with Gasteiger partial charge in [-0.2, -0.15) is 0 Å². The summed E-state index contributed by atoms with van der Waals surface area (Å²) in [5.41, 5.74) is 1.17. The number of hydrogen-bond donors (Lipinski definition) is 1. The third-order valence-electron chi connectivity index (χ3n) is 5.96. The van der Waals surface area contributed by atoms with Gasteiger partial charge in [0.25, 0.3) is 5.91 Å². The molecule has 0 aliphatic carbocycles. The summed E-state index contributed by atoms with van der Waals surface area (Å²) >= 11 is 0. The lowest BCUT2D eigenvalue weighted by Gasteiger charge is -2.39. The quantitative estimate of drug-likeness (QED) is 0.513. The average Bonchev–Trinajstić information content (AvgIpc) is 2.80. The van der Waals surface area contributed by atoms with Gasteiger partial charge in [-0.15, -0.1) is 0 Å². The van der Waals surface area contributed by atoms with Gasteiger partial charge in [-0.25, -0.2) is 22.4 Å². The number of anilines is 1. The van der Waals surface area contributed by atoms with Gasteiger partial charge >= 0.3 is 6.03 Å². The lowest BCUT2D eigenvalue weighted by Crippen LogP contribution is -2.46. The van der Waals surface area contributed by atoms with Crippen molar-refractivity contribution < 1.29 is 27.2 Å².